The number of carbonyl (C=O) groups is 2. The summed E-state index contributed by atoms with van der Waals surface area (Å²) in [5.74, 6) is -0.990. The second-order valence-electron chi connectivity index (χ2n) is 3.94. The van der Waals surface area contributed by atoms with Gasteiger partial charge in [-0.05, 0) is 18.4 Å². The van der Waals surface area contributed by atoms with E-state index in [-0.39, 0.29) is 21.7 Å². The summed E-state index contributed by atoms with van der Waals surface area (Å²) >= 11 is 0.910. The largest absolute Gasteiger partial charge is 0.477 e. The lowest BCUT2D eigenvalue weighted by Gasteiger charge is -2.07. The third kappa shape index (κ3) is 4.20. The van der Waals surface area contributed by atoms with E-state index in [1.165, 1.54) is 18.6 Å². The summed E-state index contributed by atoms with van der Waals surface area (Å²) in [5, 5.41) is 12.7. The van der Waals surface area contributed by atoms with Crippen LogP contribution in [0.4, 0.5) is 10.7 Å². The van der Waals surface area contributed by atoms with Crippen LogP contribution in [0.3, 0.4) is 0 Å². The van der Waals surface area contributed by atoms with Gasteiger partial charge in [0.25, 0.3) is 0 Å². The quantitative estimate of drug-likeness (QED) is 0.712. The number of carboxylic acid groups (broad SMARTS) is 1. The Morgan fingerprint density at radius 2 is 2.09 bits per heavy atom. The number of carbonyl (C=O) groups excluding carboxylic acids is 1. The Labute approximate surface area is 136 Å². The number of rotatable bonds is 5. The summed E-state index contributed by atoms with van der Waals surface area (Å²) in [6.07, 6.45) is 0. The molecule has 12 heteroatoms. The molecule has 1 atom stereocenters. The van der Waals surface area contributed by atoms with E-state index in [4.69, 9.17) is 9.84 Å². The maximum absolute atomic E-state index is 12.0. The van der Waals surface area contributed by atoms with Gasteiger partial charge in [-0.1, -0.05) is 0 Å². The average molecular weight is 357 g/mol. The Balaban J connectivity index is 2.07. The summed E-state index contributed by atoms with van der Waals surface area (Å²) in [7, 11) is -0.677. The number of urea groups is 1. The maximum atomic E-state index is 12.0. The van der Waals surface area contributed by atoms with Gasteiger partial charge in [-0.3, -0.25) is 10.0 Å². The molecule has 0 aliphatic rings. The van der Waals surface area contributed by atoms with E-state index in [9.17, 15) is 13.8 Å². The number of carboxylic acids is 1. The van der Waals surface area contributed by atoms with Crippen molar-refractivity contribution in [1.29, 1.82) is 0 Å². The molecule has 0 fully saturated rings. The lowest BCUT2D eigenvalue weighted by Crippen LogP contribution is -2.31. The predicted octanol–water partition coefficient (Wildman–Crippen LogP) is 0.793. The highest BCUT2D eigenvalue weighted by Gasteiger charge is 2.19. The molecule has 2 heterocycles. The van der Waals surface area contributed by atoms with Gasteiger partial charge in [0.2, 0.25) is 5.95 Å². The molecule has 0 aromatic carbocycles. The number of methoxy groups -OCH3 is 1. The Bertz CT molecular complexity index is 778. The minimum Gasteiger partial charge on any atom is -0.477 e. The molecule has 2 amide bonds. The third-order valence-corrected chi connectivity index (χ3v) is 4.49. The summed E-state index contributed by atoms with van der Waals surface area (Å²) in [6, 6.07) is 0.513. The first-order valence-electron chi connectivity index (χ1n) is 5.97. The average Bonchev–Trinajstić information content (AvgIpc) is 2.96. The zero-order chi connectivity index (χ0) is 17.0. The van der Waals surface area contributed by atoms with Gasteiger partial charge in [-0.25, -0.2) is 13.8 Å². The van der Waals surface area contributed by atoms with Crippen LogP contribution >= 0.6 is 11.3 Å². The molecule has 2 aromatic rings. The fourth-order valence-corrected chi connectivity index (χ4v) is 3.33. The molecule has 3 N–H and O–H groups in total. The van der Waals surface area contributed by atoms with E-state index in [0.717, 1.165) is 11.3 Å². The van der Waals surface area contributed by atoms with Crippen LogP contribution in [-0.4, -0.2) is 43.4 Å². The molecule has 0 bridgehead atoms. The van der Waals surface area contributed by atoms with Gasteiger partial charge in [-0.15, -0.1) is 11.3 Å². The number of aryl methyl sites for hydroxylation is 1. The maximum Gasteiger partial charge on any atom is 0.347 e. The van der Waals surface area contributed by atoms with Crippen LogP contribution in [0.25, 0.3) is 0 Å². The summed E-state index contributed by atoms with van der Waals surface area (Å²) in [6.45, 7) is 1.58. The molecule has 23 heavy (non-hydrogen) atoms. The van der Waals surface area contributed by atoms with Crippen LogP contribution in [0.15, 0.2) is 16.3 Å². The van der Waals surface area contributed by atoms with Crippen molar-refractivity contribution < 1.29 is 23.6 Å². The first-order valence-corrected chi connectivity index (χ1v) is 8.00. The van der Waals surface area contributed by atoms with E-state index in [1.54, 1.807) is 6.92 Å². The van der Waals surface area contributed by atoms with Crippen LogP contribution in [0, 0.1) is 6.92 Å². The third-order valence-electron chi connectivity index (χ3n) is 2.34. The van der Waals surface area contributed by atoms with Crippen molar-refractivity contribution in [2.75, 3.05) is 12.4 Å². The van der Waals surface area contributed by atoms with Gasteiger partial charge < -0.3 is 9.84 Å². The summed E-state index contributed by atoms with van der Waals surface area (Å²) in [4.78, 5) is 34.2. The Hall–Kier alpha value is -2.60. The van der Waals surface area contributed by atoms with E-state index in [0.29, 0.717) is 5.82 Å². The Kier molecular flexibility index (Phi) is 5.18. The fourth-order valence-electron chi connectivity index (χ4n) is 1.47. The first kappa shape index (κ1) is 16.8. The van der Waals surface area contributed by atoms with Gasteiger partial charge in [0.1, 0.15) is 10.7 Å². The van der Waals surface area contributed by atoms with Crippen molar-refractivity contribution >= 4 is 40.3 Å². The molecular weight excluding hydrogens is 346 g/mol. The van der Waals surface area contributed by atoms with Crippen LogP contribution in [0.5, 0.6) is 6.01 Å². The van der Waals surface area contributed by atoms with Crippen molar-refractivity contribution in [3.05, 3.63) is 22.1 Å². The zero-order valence-electron chi connectivity index (χ0n) is 11.9. The highest BCUT2D eigenvalue weighted by atomic mass is 32.2. The van der Waals surface area contributed by atoms with Crippen molar-refractivity contribution in [3.63, 3.8) is 0 Å². The van der Waals surface area contributed by atoms with Gasteiger partial charge in [0.05, 0.1) is 12.0 Å². The molecule has 0 radical (unpaired) electrons. The summed E-state index contributed by atoms with van der Waals surface area (Å²) < 4.78 is 19.0. The van der Waals surface area contributed by atoms with Crippen molar-refractivity contribution in [3.8, 4) is 6.01 Å². The molecule has 0 saturated carbocycles. The van der Waals surface area contributed by atoms with Gasteiger partial charge in [0.15, 0.2) is 11.0 Å². The van der Waals surface area contributed by atoms with Crippen LogP contribution in [-0.2, 0) is 11.0 Å². The molecule has 10 nitrogen and oxygen atoms in total. The van der Waals surface area contributed by atoms with Gasteiger partial charge in [-0.2, -0.15) is 15.0 Å². The molecular formula is C11H11N5O5S2. The molecule has 0 aliphatic heterocycles. The van der Waals surface area contributed by atoms with E-state index >= 15 is 0 Å². The minimum atomic E-state index is -2.04. The molecule has 122 valence electrons. The number of thiophene rings is 1. The molecule has 0 aliphatic carbocycles. The van der Waals surface area contributed by atoms with E-state index < -0.39 is 23.0 Å². The van der Waals surface area contributed by atoms with E-state index in [2.05, 4.69) is 25.0 Å². The molecule has 1 unspecified atom stereocenters. The smallest absolute Gasteiger partial charge is 0.347 e. The number of nitrogens with one attached hydrogen (secondary N) is 2. The SMILES string of the molecule is COc1nc(C)nc(NC(=O)NS(=O)c2ccsc2C(=O)O)n1. The van der Waals surface area contributed by atoms with Gasteiger partial charge in [0, 0.05) is 0 Å². The molecule has 0 spiro atoms. The van der Waals surface area contributed by atoms with Crippen molar-refractivity contribution in [2.24, 2.45) is 0 Å². The zero-order valence-corrected chi connectivity index (χ0v) is 13.5. The minimum absolute atomic E-state index is 0.00191. The van der Waals surface area contributed by atoms with Gasteiger partial charge >= 0.3 is 18.0 Å². The Morgan fingerprint density at radius 3 is 2.74 bits per heavy atom. The number of ether oxygens (including phenoxy) is 1. The highest BCUT2D eigenvalue weighted by molar-refractivity contribution is 7.84. The van der Waals surface area contributed by atoms with Crippen LogP contribution < -0.4 is 14.8 Å². The van der Waals surface area contributed by atoms with Crippen molar-refractivity contribution in [2.45, 2.75) is 11.8 Å². The number of hydrogen-bond acceptors (Lipinski definition) is 8. The number of hydrogen-bond donors (Lipinski definition) is 3. The lowest BCUT2D eigenvalue weighted by molar-refractivity contribution is 0.0698. The lowest BCUT2D eigenvalue weighted by atomic mass is 10.5. The summed E-state index contributed by atoms with van der Waals surface area (Å²) in [5.41, 5.74) is 0. The fraction of sp³-hybridized carbons (Fsp3) is 0.182. The topological polar surface area (TPSA) is 143 Å². The molecule has 2 rings (SSSR count). The number of aromatic nitrogens is 3. The second kappa shape index (κ2) is 7.11. The normalized spacial score (nSPS) is 11.6. The predicted molar refractivity (Wildman–Crippen MR) is 81.0 cm³/mol. The van der Waals surface area contributed by atoms with Crippen molar-refractivity contribution in [1.82, 2.24) is 19.7 Å². The highest BCUT2D eigenvalue weighted by Crippen LogP contribution is 2.19. The van der Waals surface area contributed by atoms with Crippen LogP contribution in [0.2, 0.25) is 0 Å². The number of anilines is 1. The first-order chi connectivity index (χ1) is 10.9. The molecule has 2 aromatic heterocycles. The number of amides is 2. The number of aromatic carboxylic acids is 1. The number of nitrogens with zero attached hydrogens (tertiary/aromatic N) is 3. The Morgan fingerprint density at radius 1 is 1.35 bits per heavy atom. The van der Waals surface area contributed by atoms with E-state index in [1.807, 2.05) is 0 Å². The standard InChI is InChI=1S/C11H11N5O5S2/c1-5-12-9(15-11(13-5)21-2)14-10(19)16-23(20)6-3-4-22-7(6)8(17)18/h3-4H,1-2H3,(H,17,18)(H2,12,13,14,15,16,19). The molecule has 0 saturated heterocycles. The monoisotopic (exact) mass is 357 g/mol. The second-order valence-corrected chi connectivity index (χ2v) is 6.03. The van der Waals surface area contributed by atoms with Crippen LogP contribution in [0.1, 0.15) is 15.5 Å².